The van der Waals surface area contributed by atoms with Crippen molar-refractivity contribution >= 4 is 31.5 Å². The minimum atomic E-state index is -4.35. The highest BCUT2D eigenvalue weighted by molar-refractivity contribution is 8.13. The molecule has 1 heterocycles. The van der Waals surface area contributed by atoms with Crippen LogP contribution in [0, 0.1) is 22.5 Å². The number of amides is 1. The molecule has 9 nitrogen and oxygen atoms in total. The van der Waals surface area contributed by atoms with Gasteiger partial charge in [-0.3, -0.25) is 4.79 Å². The van der Waals surface area contributed by atoms with E-state index in [0.29, 0.717) is 0 Å². The fourth-order valence-electron chi connectivity index (χ4n) is 1.27. The highest BCUT2D eigenvalue weighted by Gasteiger charge is 2.32. The third-order valence-corrected chi connectivity index (χ3v) is 3.57. The van der Waals surface area contributed by atoms with Crippen LogP contribution >= 0.6 is 10.7 Å². The van der Waals surface area contributed by atoms with Crippen LogP contribution < -0.4 is 5.32 Å². The largest absolute Gasteiger partial charge is 0.410 e. The Labute approximate surface area is 118 Å². The van der Waals surface area contributed by atoms with Crippen molar-refractivity contribution in [1.82, 2.24) is 15.1 Å². The van der Waals surface area contributed by atoms with Gasteiger partial charge in [0, 0.05) is 10.7 Å². The van der Waals surface area contributed by atoms with Crippen LogP contribution in [0.5, 0.6) is 0 Å². The lowest BCUT2D eigenvalue weighted by atomic mass is 10.3. The molecule has 108 valence electrons. The maximum atomic E-state index is 11.6. The van der Waals surface area contributed by atoms with Gasteiger partial charge in [-0.25, -0.2) is 8.42 Å². The van der Waals surface area contributed by atoms with Crippen molar-refractivity contribution in [3.05, 3.63) is 16.3 Å². The Morgan fingerprint density at radius 2 is 2.35 bits per heavy atom. The number of nitro groups is 1. The summed E-state index contributed by atoms with van der Waals surface area (Å²) in [6.07, 6.45) is 5.79. The fraction of sp³-hybridized carbons (Fsp3) is 0.333. The summed E-state index contributed by atoms with van der Waals surface area (Å²) < 4.78 is 23.3. The van der Waals surface area contributed by atoms with Gasteiger partial charge in [0.1, 0.15) is 6.04 Å². The molecule has 1 rings (SSSR count). The van der Waals surface area contributed by atoms with E-state index >= 15 is 0 Å². The number of carbonyl (C=O) groups is 1. The molecule has 1 aromatic rings. The molecule has 0 aromatic carbocycles. The third kappa shape index (κ3) is 3.46. The first-order valence-corrected chi connectivity index (χ1v) is 7.38. The van der Waals surface area contributed by atoms with Crippen LogP contribution in [0.3, 0.4) is 0 Å². The lowest BCUT2D eigenvalue weighted by Gasteiger charge is -2.07. The van der Waals surface area contributed by atoms with Gasteiger partial charge in [-0.2, -0.15) is 4.68 Å². The Morgan fingerprint density at radius 1 is 1.75 bits per heavy atom. The van der Waals surface area contributed by atoms with Crippen LogP contribution in [0.2, 0.25) is 0 Å². The molecule has 0 fully saturated rings. The standard InChI is InChI=1S/C9H9ClN4O5S/c1-3-4-11-9(15)6(2)13-5-7(20(10,18)19)8(12-13)14(16)17/h1,5-6H,4H2,2H3,(H,11,15). The van der Waals surface area contributed by atoms with Crippen LogP contribution in [0.4, 0.5) is 5.82 Å². The first kappa shape index (κ1) is 15.9. The fourth-order valence-corrected chi connectivity index (χ4v) is 2.16. The molecular weight excluding hydrogens is 312 g/mol. The number of halogens is 1. The average Bonchev–Trinajstić information content (AvgIpc) is 2.79. The number of rotatable bonds is 5. The number of aromatic nitrogens is 2. The lowest BCUT2D eigenvalue weighted by molar-refractivity contribution is -0.392. The molecule has 11 heteroatoms. The lowest BCUT2D eigenvalue weighted by Crippen LogP contribution is -2.31. The summed E-state index contributed by atoms with van der Waals surface area (Å²) >= 11 is 0. The molecule has 0 spiro atoms. The third-order valence-electron chi connectivity index (χ3n) is 2.26. The van der Waals surface area contributed by atoms with Crippen molar-refractivity contribution in [2.24, 2.45) is 0 Å². The van der Waals surface area contributed by atoms with Crippen molar-refractivity contribution in [3.8, 4) is 12.3 Å². The van der Waals surface area contributed by atoms with Crippen LogP contribution in [0.25, 0.3) is 0 Å². The van der Waals surface area contributed by atoms with Crippen molar-refractivity contribution in [1.29, 1.82) is 0 Å². The van der Waals surface area contributed by atoms with Gasteiger partial charge >= 0.3 is 5.82 Å². The van der Waals surface area contributed by atoms with Gasteiger partial charge in [0.2, 0.25) is 10.8 Å². The predicted molar refractivity (Wildman–Crippen MR) is 68.5 cm³/mol. The number of hydrogen-bond acceptors (Lipinski definition) is 6. The second kappa shape index (κ2) is 5.89. The summed E-state index contributed by atoms with van der Waals surface area (Å²) in [6.45, 7) is 1.33. The Morgan fingerprint density at radius 3 is 2.75 bits per heavy atom. The minimum absolute atomic E-state index is 0.0345. The second-order valence-electron chi connectivity index (χ2n) is 3.59. The molecule has 0 aliphatic rings. The van der Waals surface area contributed by atoms with Crippen molar-refractivity contribution < 1.29 is 18.1 Å². The number of terminal acetylenes is 1. The van der Waals surface area contributed by atoms with Crippen LogP contribution in [-0.2, 0) is 13.8 Å². The van der Waals surface area contributed by atoms with Gasteiger partial charge in [0.25, 0.3) is 9.05 Å². The summed E-state index contributed by atoms with van der Waals surface area (Å²) in [5, 5.41) is 16.5. The number of carbonyl (C=O) groups excluding carboxylic acids is 1. The van der Waals surface area contributed by atoms with Crippen LogP contribution in [-0.4, -0.2) is 35.6 Å². The van der Waals surface area contributed by atoms with Gasteiger partial charge in [-0.05, 0) is 11.8 Å². The predicted octanol–water partition coefficient (Wildman–Crippen LogP) is 0.0292. The molecule has 20 heavy (non-hydrogen) atoms. The summed E-state index contributed by atoms with van der Waals surface area (Å²) in [7, 11) is 0.726. The minimum Gasteiger partial charge on any atom is -0.358 e. The molecule has 1 amide bonds. The zero-order valence-corrected chi connectivity index (χ0v) is 11.7. The topological polar surface area (TPSA) is 124 Å². The Balaban J connectivity index is 3.19. The molecule has 1 N–H and O–H groups in total. The van der Waals surface area contributed by atoms with Gasteiger partial charge < -0.3 is 15.4 Å². The van der Waals surface area contributed by atoms with E-state index in [9.17, 15) is 23.3 Å². The van der Waals surface area contributed by atoms with Crippen LogP contribution in [0.15, 0.2) is 11.1 Å². The molecule has 0 aliphatic heterocycles. The average molecular weight is 321 g/mol. The first-order valence-electron chi connectivity index (χ1n) is 5.08. The Hall–Kier alpha value is -2.12. The highest BCUT2D eigenvalue weighted by Crippen LogP contribution is 2.26. The number of nitrogens with one attached hydrogen (secondary N) is 1. The Bertz CT molecular complexity index is 690. The summed E-state index contributed by atoms with van der Waals surface area (Å²) in [6, 6.07) is -0.991. The summed E-state index contributed by atoms with van der Waals surface area (Å²) in [5.41, 5.74) is 0. The number of hydrogen-bond donors (Lipinski definition) is 1. The van der Waals surface area contributed by atoms with Gasteiger partial charge in [0.05, 0.1) is 17.8 Å². The normalized spacial score (nSPS) is 12.4. The molecule has 0 bridgehead atoms. The van der Waals surface area contributed by atoms with Crippen molar-refractivity contribution in [2.75, 3.05) is 6.54 Å². The summed E-state index contributed by atoms with van der Waals surface area (Å²) in [5.74, 6) is 0.659. The zero-order chi connectivity index (χ0) is 15.5. The van der Waals surface area contributed by atoms with E-state index < -0.39 is 36.6 Å². The smallest absolute Gasteiger partial charge is 0.358 e. The zero-order valence-electron chi connectivity index (χ0n) is 10.1. The molecule has 0 aliphatic carbocycles. The van der Waals surface area contributed by atoms with E-state index in [-0.39, 0.29) is 6.54 Å². The highest BCUT2D eigenvalue weighted by atomic mass is 35.7. The van der Waals surface area contributed by atoms with Crippen LogP contribution in [0.1, 0.15) is 13.0 Å². The maximum absolute atomic E-state index is 11.6. The molecular formula is C9H9ClN4O5S. The second-order valence-corrected chi connectivity index (χ2v) is 6.12. The van der Waals surface area contributed by atoms with E-state index in [1.165, 1.54) is 6.92 Å². The van der Waals surface area contributed by atoms with Gasteiger partial charge in [-0.1, -0.05) is 5.92 Å². The molecule has 0 saturated heterocycles. The van der Waals surface area contributed by atoms with E-state index in [0.717, 1.165) is 10.9 Å². The quantitative estimate of drug-likeness (QED) is 0.353. The van der Waals surface area contributed by atoms with E-state index in [4.69, 9.17) is 17.1 Å². The molecule has 0 saturated carbocycles. The van der Waals surface area contributed by atoms with Crippen molar-refractivity contribution in [2.45, 2.75) is 17.9 Å². The monoisotopic (exact) mass is 320 g/mol. The summed E-state index contributed by atoms with van der Waals surface area (Å²) in [4.78, 5) is 20.6. The van der Waals surface area contributed by atoms with Gasteiger partial charge in [-0.15, -0.1) is 6.42 Å². The number of nitrogens with zero attached hydrogens (tertiary/aromatic N) is 3. The maximum Gasteiger partial charge on any atom is 0.410 e. The molecule has 1 aromatic heterocycles. The van der Waals surface area contributed by atoms with E-state index in [2.05, 4.69) is 16.3 Å². The molecule has 0 radical (unpaired) electrons. The molecule has 1 unspecified atom stereocenters. The first-order chi connectivity index (χ1) is 9.18. The van der Waals surface area contributed by atoms with E-state index in [1.807, 2.05) is 0 Å². The Kier molecular flexibility index (Phi) is 4.69. The SMILES string of the molecule is C#CCNC(=O)C(C)n1cc(S(=O)(=O)Cl)c([N+](=O)[O-])n1. The van der Waals surface area contributed by atoms with Gasteiger partial charge in [0.15, 0.2) is 0 Å². The molecule has 1 atom stereocenters. The van der Waals surface area contributed by atoms with E-state index in [1.54, 1.807) is 0 Å². The van der Waals surface area contributed by atoms with Crippen molar-refractivity contribution in [3.63, 3.8) is 0 Å².